The lowest BCUT2D eigenvalue weighted by molar-refractivity contribution is -0.121. The summed E-state index contributed by atoms with van der Waals surface area (Å²) in [4.78, 5) is 43.4. The summed E-state index contributed by atoms with van der Waals surface area (Å²) in [5.74, 6) is 0.327. The molecule has 0 radical (unpaired) electrons. The third-order valence-electron chi connectivity index (χ3n) is 9.50. The zero-order chi connectivity index (χ0) is 39.5. The number of fused-ring (bicyclic) bond motifs is 3. The van der Waals surface area contributed by atoms with Crippen molar-refractivity contribution in [3.05, 3.63) is 130 Å². The standard InChI is InChI=1S/C40H43ClN6O6Si2/c1-25-45-46-38-34(44-37(26-13-15-29(41)16-14-26)33-23-30(52-2)17-18-35(33)47(25)38)24-36(48)42-19-20-43-39(49)27-9-7-11-31(21-27)54(3,4)53-55(5,6)32-12-8-10-28(22-32)40(50)51/h7-18,21-23,34H,19-20,24H2,1-6H3,(H,42,48)(H,43,49)(H,50,51)/t34-/m0/s1. The van der Waals surface area contributed by atoms with Gasteiger partial charge in [0, 0.05) is 34.8 Å². The van der Waals surface area contributed by atoms with Gasteiger partial charge in [-0.25, -0.2) is 4.79 Å². The average molecular weight is 795 g/mol. The molecule has 0 bridgehead atoms. The van der Waals surface area contributed by atoms with Crippen molar-refractivity contribution in [3.63, 3.8) is 0 Å². The first-order valence-electron chi connectivity index (χ1n) is 17.8. The minimum Gasteiger partial charge on any atom is -0.497 e. The lowest BCUT2D eigenvalue weighted by Gasteiger charge is -2.34. The van der Waals surface area contributed by atoms with Gasteiger partial charge in [0.05, 0.1) is 30.5 Å². The minimum atomic E-state index is -2.53. The highest BCUT2D eigenvalue weighted by Crippen LogP contribution is 2.34. The second-order valence-electron chi connectivity index (χ2n) is 14.2. The van der Waals surface area contributed by atoms with Crippen molar-refractivity contribution < 1.29 is 28.3 Å². The van der Waals surface area contributed by atoms with Gasteiger partial charge in [-0.3, -0.25) is 19.1 Å². The molecule has 0 unspecified atom stereocenters. The Morgan fingerprint density at radius 3 is 2.13 bits per heavy atom. The number of hydrogen-bond donors (Lipinski definition) is 3. The number of methoxy groups -OCH3 is 1. The number of nitrogens with one attached hydrogen (secondary N) is 2. The van der Waals surface area contributed by atoms with Crippen molar-refractivity contribution in [2.24, 2.45) is 4.99 Å². The zero-order valence-corrected chi connectivity index (χ0v) is 34.3. The molecule has 4 aromatic carbocycles. The number of halogens is 1. The van der Waals surface area contributed by atoms with Gasteiger partial charge < -0.3 is 24.6 Å². The molecule has 0 aliphatic carbocycles. The van der Waals surface area contributed by atoms with E-state index in [-0.39, 0.29) is 36.9 Å². The van der Waals surface area contributed by atoms with Gasteiger partial charge >= 0.3 is 5.97 Å². The van der Waals surface area contributed by atoms with Crippen LogP contribution in [0, 0.1) is 6.92 Å². The number of carbonyl (C=O) groups excluding carboxylic acids is 2. The van der Waals surface area contributed by atoms with Crippen LogP contribution in [0.15, 0.2) is 96.0 Å². The highest BCUT2D eigenvalue weighted by molar-refractivity contribution is 6.96. The van der Waals surface area contributed by atoms with E-state index in [0.29, 0.717) is 33.7 Å². The first-order valence-corrected chi connectivity index (χ1v) is 24.0. The predicted octanol–water partition coefficient (Wildman–Crippen LogP) is 5.31. The van der Waals surface area contributed by atoms with E-state index in [2.05, 4.69) is 47.0 Å². The summed E-state index contributed by atoms with van der Waals surface area (Å²) in [5, 5.41) is 26.5. The number of carboxylic acid groups (broad SMARTS) is 1. The number of hydrogen-bond acceptors (Lipinski definition) is 8. The maximum Gasteiger partial charge on any atom is 0.335 e. The Morgan fingerprint density at radius 1 is 0.836 bits per heavy atom. The molecule has 55 heavy (non-hydrogen) atoms. The maximum atomic E-state index is 13.4. The molecule has 6 rings (SSSR count). The van der Waals surface area contributed by atoms with E-state index >= 15 is 0 Å². The molecular weight excluding hydrogens is 752 g/mol. The number of aryl methyl sites for hydroxylation is 1. The lowest BCUT2D eigenvalue weighted by atomic mass is 10.00. The Morgan fingerprint density at radius 2 is 1.47 bits per heavy atom. The number of benzene rings is 4. The molecule has 3 N–H and O–H groups in total. The first-order chi connectivity index (χ1) is 26.2. The third-order valence-corrected chi connectivity index (χ3v) is 17.2. The number of aliphatic imine (C=N–C) groups is 1. The zero-order valence-electron chi connectivity index (χ0n) is 31.5. The highest BCUT2D eigenvalue weighted by atomic mass is 35.5. The van der Waals surface area contributed by atoms with Crippen LogP contribution < -0.4 is 25.7 Å². The van der Waals surface area contributed by atoms with Crippen molar-refractivity contribution in [2.45, 2.75) is 45.6 Å². The summed E-state index contributed by atoms with van der Waals surface area (Å²) < 4.78 is 14.3. The van der Waals surface area contributed by atoms with Crippen LogP contribution in [0.1, 0.15) is 56.0 Å². The third kappa shape index (κ3) is 8.78. The van der Waals surface area contributed by atoms with Gasteiger partial charge in [0.1, 0.15) is 17.6 Å². The average Bonchev–Trinajstić information content (AvgIpc) is 3.49. The van der Waals surface area contributed by atoms with E-state index in [9.17, 15) is 19.5 Å². The molecule has 0 fully saturated rings. The molecule has 0 saturated heterocycles. The van der Waals surface area contributed by atoms with Crippen LogP contribution in [0.5, 0.6) is 5.75 Å². The molecule has 1 aliphatic heterocycles. The van der Waals surface area contributed by atoms with E-state index in [0.717, 1.165) is 27.2 Å². The van der Waals surface area contributed by atoms with Crippen molar-refractivity contribution >= 4 is 62.1 Å². The maximum absolute atomic E-state index is 13.4. The molecule has 1 atom stereocenters. The van der Waals surface area contributed by atoms with Crippen LogP contribution in [0.4, 0.5) is 0 Å². The summed E-state index contributed by atoms with van der Waals surface area (Å²) in [5.41, 5.74) is 3.81. The number of aromatic carboxylic acids is 1. The number of carbonyl (C=O) groups is 3. The molecule has 2 amide bonds. The summed E-state index contributed by atoms with van der Waals surface area (Å²) in [6.07, 6.45) is -0.00366. The fourth-order valence-corrected chi connectivity index (χ4v) is 14.9. The molecule has 12 nitrogen and oxygen atoms in total. The van der Waals surface area contributed by atoms with Gasteiger partial charge in [0.2, 0.25) is 22.5 Å². The van der Waals surface area contributed by atoms with Gasteiger partial charge in [0.25, 0.3) is 5.91 Å². The van der Waals surface area contributed by atoms with E-state index in [4.69, 9.17) is 25.4 Å². The van der Waals surface area contributed by atoms with Crippen LogP contribution in [0.2, 0.25) is 31.2 Å². The fourth-order valence-electron chi connectivity index (χ4n) is 6.72. The number of amides is 2. The summed E-state index contributed by atoms with van der Waals surface area (Å²) in [6.45, 7) is 10.5. The SMILES string of the molecule is COc1ccc2c(c1)C(c1ccc(Cl)cc1)=N[C@@H](CC(=O)NCCNC(=O)c1cccc([Si](C)(C)O[Si](C)(C)c3cccc(C(=O)O)c3)c1)c1nnc(C)n1-2. The first kappa shape index (κ1) is 39.3. The van der Waals surface area contributed by atoms with E-state index < -0.39 is 28.6 Å². The number of rotatable bonds is 13. The Balaban J connectivity index is 1.11. The molecule has 15 heteroatoms. The quantitative estimate of drug-likeness (QED) is 0.107. The lowest BCUT2D eigenvalue weighted by Crippen LogP contribution is -2.57. The van der Waals surface area contributed by atoms with E-state index in [1.165, 1.54) is 0 Å². The summed E-state index contributed by atoms with van der Waals surface area (Å²) in [6, 6.07) is 26.7. The van der Waals surface area contributed by atoms with Crippen LogP contribution in [-0.2, 0) is 8.91 Å². The number of carboxylic acids is 1. The molecule has 2 heterocycles. The van der Waals surface area contributed by atoms with E-state index in [1.54, 1.807) is 43.5 Å². The summed E-state index contributed by atoms with van der Waals surface area (Å²) >= 11 is 6.22. The van der Waals surface area contributed by atoms with Gasteiger partial charge in [-0.1, -0.05) is 48.0 Å². The van der Waals surface area contributed by atoms with Crippen molar-refractivity contribution in [1.82, 2.24) is 25.4 Å². The second-order valence-corrected chi connectivity index (χ2v) is 22.7. The Kier molecular flexibility index (Phi) is 11.5. The molecule has 284 valence electrons. The van der Waals surface area contributed by atoms with Crippen molar-refractivity contribution in [3.8, 4) is 11.4 Å². The van der Waals surface area contributed by atoms with E-state index in [1.807, 2.05) is 66.1 Å². The summed E-state index contributed by atoms with van der Waals surface area (Å²) in [7, 11) is -3.43. The smallest absolute Gasteiger partial charge is 0.335 e. The monoisotopic (exact) mass is 794 g/mol. The van der Waals surface area contributed by atoms with Gasteiger partial charge in [-0.05, 0) is 98.1 Å². The molecule has 1 aliphatic rings. The highest BCUT2D eigenvalue weighted by Gasteiger charge is 2.37. The second kappa shape index (κ2) is 16.1. The normalized spacial score (nSPS) is 13.9. The molecule has 0 saturated carbocycles. The largest absolute Gasteiger partial charge is 0.497 e. The molecular formula is C40H43ClN6O6Si2. The fraction of sp³-hybridized carbons (Fsp3) is 0.250. The van der Waals surface area contributed by atoms with Crippen LogP contribution in [-0.4, -0.2) is 80.2 Å². The van der Waals surface area contributed by atoms with Crippen LogP contribution in [0.25, 0.3) is 5.69 Å². The van der Waals surface area contributed by atoms with Crippen LogP contribution >= 0.6 is 11.6 Å². The topological polar surface area (TPSA) is 157 Å². The van der Waals surface area contributed by atoms with Gasteiger partial charge in [-0.2, -0.15) is 0 Å². The van der Waals surface area contributed by atoms with Crippen LogP contribution in [0.3, 0.4) is 0 Å². The van der Waals surface area contributed by atoms with Gasteiger partial charge in [-0.15, -0.1) is 10.2 Å². The molecule has 1 aromatic heterocycles. The number of aromatic nitrogens is 3. The Hall–Kier alpha value is -5.42. The Bertz CT molecular complexity index is 2290. The van der Waals surface area contributed by atoms with Crippen molar-refractivity contribution in [1.29, 1.82) is 0 Å². The molecule has 5 aromatic rings. The predicted molar refractivity (Wildman–Crippen MR) is 218 cm³/mol. The van der Waals surface area contributed by atoms with Crippen molar-refractivity contribution in [2.75, 3.05) is 20.2 Å². The number of nitrogens with zero attached hydrogens (tertiary/aromatic N) is 4. The Labute approximate surface area is 326 Å². The molecule has 0 spiro atoms. The van der Waals surface area contributed by atoms with Gasteiger partial charge in [0.15, 0.2) is 5.82 Å². The minimum absolute atomic E-state index is 0.00366. The number of ether oxygens (including phenoxy) is 1.